The van der Waals surface area contributed by atoms with Gasteiger partial charge in [0.05, 0.1) is 12.2 Å². The van der Waals surface area contributed by atoms with E-state index in [4.69, 9.17) is 9.84 Å². The highest BCUT2D eigenvalue weighted by molar-refractivity contribution is 5.89. The van der Waals surface area contributed by atoms with Gasteiger partial charge in [-0.25, -0.2) is 4.79 Å². The second kappa shape index (κ2) is 6.55. The van der Waals surface area contributed by atoms with Crippen LogP contribution in [0.15, 0.2) is 30.3 Å². The van der Waals surface area contributed by atoms with Gasteiger partial charge in [0.15, 0.2) is 0 Å². The van der Waals surface area contributed by atoms with Crippen LogP contribution >= 0.6 is 0 Å². The van der Waals surface area contributed by atoms with E-state index in [9.17, 15) is 4.79 Å². The zero-order chi connectivity index (χ0) is 12.8. The smallest absolute Gasteiger partial charge is 0.338 e. The summed E-state index contributed by atoms with van der Waals surface area (Å²) in [6.07, 6.45) is 4.19. The molecule has 1 fully saturated rings. The van der Waals surface area contributed by atoms with Gasteiger partial charge in [-0.1, -0.05) is 18.2 Å². The van der Waals surface area contributed by atoms with E-state index in [0.717, 1.165) is 25.7 Å². The quantitative estimate of drug-likeness (QED) is 0.833. The van der Waals surface area contributed by atoms with Crippen molar-refractivity contribution in [2.75, 3.05) is 13.2 Å². The average Bonchev–Trinajstić information content (AvgIpc) is 2.46. The SMILES string of the molecule is O=C(OCC1CCC(CO)CC1)c1ccccc1. The lowest BCUT2D eigenvalue weighted by molar-refractivity contribution is 0.0379. The van der Waals surface area contributed by atoms with Gasteiger partial charge in [0, 0.05) is 6.61 Å². The maximum Gasteiger partial charge on any atom is 0.338 e. The van der Waals surface area contributed by atoms with E-state index in [1.54, 1.807) is 12.1 Å². The number of carbonyl (C=O) groups is 1. The van der Waals surface area contributed by atoms with Gasteiger partial charge in [0.25, 0.3) is 0 Å². The lowest BCUT2D eigenvalue weighted by atomic mass is 9.83. The lowest BCUT2D eigenvalue weighted by Crippen LogP contribution is -2.22. The largest absolute Gasteiger partial charge is 0.462 e. The minimum absolute atomic E-state index is 0.236. The first-order chi connectivity index (χ1) is 8.79. The minimum Gasteiger partial charge on any atom is -0.462 e. The van der Waals surface area contributed by atoms with Gasteiger partial charge in [-0.2, -0.15) is 0 Å². The summed E-state index contributed by atoms with van der Waals surface area (Å²) in [4.78, 5) is 11.7. The topological polar surface area (TPSA) is 46.5 Å². The minimum atomic E-state index is -0.236. The first-order valence-electron chi connectivity index (χ1n) is 6.62. The third kappa shape index (κ3) is 3.57. The van der Waals surface area contributed by atoms with Crippen molar-refractivity contribution in [3.8, 4) is 0 Å². The van der Waals surface area contributed by atoms with Crippen LogP contribution in [-0.2, 0) is 4.74 Å². The van der Waals surface area contributed by atoms with Crippen LogP contribution in [0.25, 0.3) is 0 Å². The fourth-order valence-electron chi connectivity index (χ4n) is 2.43. The van der Waals surface area contributed by atoms with E-state index in [0.29, 0.717) is 24.0 Å². The summed E-state index contributed by atoms with van der Waals surface area (Å²) in [6, 6.07) is 9.09. The molecule has 3 heteroatoms. The van der Waals surface area contributed by atoms with Crippen molar-refractivity contribution in [2.45, 2.75) is 25.7 Å². The maximum atomic E-state index is 11.7. The molecule has 1 aliphatic carbocycles. The zero-order valence-corrected chi connectivity index (χ0v) is 10.5. The average molecular weight is 248 g/mol. The van der Waals surface area contributed by atoms with Gasteiger partial charge in [0.2, 0.25) is 0 Å². The van der Waals surface area contributed by atoms with Crippen molar-refractivity contribution < 1.29 is 14.6 Å². The summed E-state index contributed by atoms with van der Waals surface area (Å²) in [5.74, 6) is 0.673. The first-order valence-corrected chi connectivity index (χ1v) is 6.62. The van der Waals surface area contributed by atoms with Crippen LogP contribution < -0.4 is 0 Å². The number of rotatable bonds is 4. The molecule has 0 aliphatic heterocycles. The molecule has 0 unspecified atom stereocenters. The summed E-state index contributed by atoms with van der Waals surface area (Å²) >= 11 is 0. The van der Waals surface area contributed by atoms with Crippen LogP contribution in [0.4, 0.5) is 0 Å². The van der Waals surface area contributed by atoms with Crippen LogP contribution in [0.1, 0.15) is 36.0 Å². The summed E-state index contributed by atoms with van der Waals surface area (Å²) in [6.45, 7) is 0.794. The maximum absolute atomic E-state index is 11.7. The molecular weight excluding hydrogens is 228 g/mol. The number of hydrogen-bond acceptors (Lipinski definition) is 3. The Bertz CT molecular complexity index is 367. The van der Waals surface area contributed by atoms with Gasteiger partial charge >= 0.3 is 5.97 Å². The van der Waals surface area contributed by atoms with E-state index >= 15 is 0 Å². The molecule has 1 saturated carbocycles. The van der Waals surface area contributed by atoms with Crippen molar-refractivity contribution in [3.05, 3.63) is 35.9 Å². The molecule has 18 heavy (non-hydrogen) atoms. The highest BCUT2D eigenvalue weighted by atomic mass is 16.5. The predicted molar refractivity (Wildman–Crippen MR) is 69.3 cm³/mol. The molecule has 1 aliphatic rings. The predicted octanol–water partition coefficient (Wildman–Crippen LogP) is 2.64. The van der Waals surface area contributed by atoms with Crippen molar-refractivity contribution >= 4 is 5.97 Å². The molecule has 0 atom stereocenters. The number of esters is 1. The monoisotopic (exact) mass is 248 g/mol. The number of carbonyl (C=O) groups excluding carboxylic acids is 1. The number of hydrogen-bond donors (Lipinski definition) is 1. The number of aliphatic hydroxyl groups is 1. The van der Waals surface area contributed by atoms with Crippen molar-refractivity contribution in [1.29, 1.82) is 0 Å². The van der Waals surface area contributed by atoms with Crippen LogP contribution in [0, 0.1) is 11.8 Å². The first kappa shape index (κ1) is 13.1. The van der Waals surface area contributed by atoms with Crippen molar-refractivity contribution in [2.24, 2.45) is 11.8 Å². The van der Waals surface area contributed by atoms with Gasteiger partial charge in [-0.05, 0) is 49.7 Å². The molecule has 1 aromatic rings. The fourth-order valence-corrected chi connectivity index (χ4v) is 2.43. The van der Waals surface area contributed by atoms with E-state index < -0.39 is 0 Å². The summed E-state index contributed by atoms with van der Waals surface area (Å²) in [5.41, 5.74) is 0.613. The number of ether oxygens (including phenoxy) is 1. The fraction of sp³-hybridized carbons (Fsp3) is 0.533. The molecule has 98 valence electrons. The van der Waals surface area contributed by atoms with E-state index in [2.05, 4.69) is 0 Å². The van der Waals surface area contributed by atoms with Gasteiger partial charge < -0.3 is 9.84 Å². The highest BCUT2D eigenvalue weighted by Crippen LogP contribution is 2.28. The normalized spacial score (nSPS) is 23.6. The highest BCUT2D eigenvalue weighted by Gasteiger charge is 2.21. The molecule has 0 amide bonds. The molecule has 0 saturated heterocycles. The number of aliphatic hydroxyl groups excluding tert-OH is 1. The third-order valence-corrected chi connectivity index (χ3v) is 3.68. The molecule has 0 aromatic heterocycles. The van der Waals surface area contributed by atoms with E-state index in [-0.39, 0.29) is 12.6 Å². The van der Waals surface area contributed by atoms with E-state index in [1.165, 1.54) is 0 Å². The molecule has 0 radical (unpaired) electrons. The van der Waals surface area contributed by atoms with Crippen LogP contribution in [-0.4, -0.2) is 24.3 Å². The molecule has 2 rings (SSSR count). The Morgan fingerprint density at radius 3 is 2.33 bits per heavy atom. The van der Waals surface area contributed by atoms with Gasteiger partial charge in [0.1, 0.15) is 0 Å². The Labute approximate surface area is 108 Å². The van der Waals surface area contributed by atoms with Crippen LogP contribution in [0.5, 0.6) is 0 Å². The number of benzene rings is 1. The molecule has 0 spiro atoms. The Hall–Kier alpha value is -1.35. The Morgan fingerprint density at radius 1 is 1.11 bits per heavy atom. The van der Waals surface area contributed by atoms with E-state index in [1.807, 2.05) is 18.2 Å². The molecule has 3 nitrogen and oxygen atoms in total. The van der Waals surface area contributed by atoms with Gasteiger partial charge in [-0.15, -0.1) is 0 Å². The lowest BCUT2D eigenvalue weighted by Gasteiger charge is -2.26. The molecule has 1 aromatic carbocycles. The Balaban J connectivity index is 1.74. The summed E-state index contributed by atoms with van der Waals surface area (Å²) in [7, 11) is 0. The zero-order valence-electron chi connectivity index (χ0n) is 10.5. The van der Waals surface area contributed by atoms with Crippen LogP contribution in [0.2, 0.25) is 0 Å². The Kier molecular flexibility index (Phi) is 4.76. The van der Waals surface area contributed by atoms with Gasteiger partial charge in [-0.3, -0.25) is 0 Å². The second-order valence-electron chi connectivity index (χ2n) is 5.03. The summed E-state index contributed by atoms with van der Waals surface area (Å²) < 4.78 is 5.33. The molecular formula is C15H20O3. The third-order valence-electron chi connectivity index (χ3n) is 3.68. The molecule has 0 bridgehead atoms. The van der Waals surface area contributed by atoms with Crippen molar-refractivity contribution in [3.63, 3.8) is 0 Å². The molecule has 1 N–H and O–H groups in total. The standard InChI is InChI=1S/C15H20O3/c16-10-12-6-8-13(9-7-12)11-18-15(17)14-4-2-1-3-5-14/h1-5,12-13,16H,6-11H2. The second-order valence-corrected chi connectivity index (χ2v) is 5.03. The Morgan fingerprint density at radius 2 is 1.72 bits per heavy atom. The summed E-state index contributed by atoms with van der Waals surface area (Å²) in [5, 5.41) is 9.06. The molecule has 0 heterocycles. The van der Waals surface area contributed by atoms with Crippen molar-refractivity contribution in [1.82, 2.24) is 0 Å². The van der Waals surface area contributed by atoms with Crippen LogP contribution in [0.3, 0.4) is 0 Å².